The number of rotatable bonds is 75. The third kappa shape index (κ3) is 75.5. The second-order valence-corrected chi connectivity index (χ2v) is 29.4. The number of aliphatic hydroxyl groups is 2. The van der Waals surface area contributed by atoms with E-state index in [1.165, 1.54) is 148 Å². The van der Waals surface area contributed by atoms with Crippen molar-refractivity contribution >= 4 is 33.6 Å². The molecule has 0 amide bonds. The van der Waals surface area contributed by atoms with Gasteiger partial charge in [-0.1, -0.05) is 291 Å². The van der Waals surface area contributed by atoms with Crippen LogP contribution in [-0.2, 0) is 55.8 Å². The fourth-order valence-corrected chi connectivity index (χ4v) is 12.3. The zero-order chi connectivity index (χ0) is 72.3. The molecule has 4 N–H and O–H groups in total. The Kier molecular flexibility index (Phi) is 71.6. The number of unbranched alkanes of at least 4 members (excludes halogenated alkanes) is 36. The van der Waals surface area contributed by atoms with Gasteiger partial charge in [0.2, 0.25) is 0 Å². The van der Waals surface area contributed by atoms with Gasteiger partial charge in [-0.2, -0.15) is 0 Å². The quantitative estimate of drug-likeness (QED) is 0.0146. The van der Waals surface area contributed by atoms with Crippen LogP contribution in [0.25, 0.3) is 0 Å². The number of phosphoric acid groups is 2. The van der Waals surface area contributed by atoms with Gasteiger partial charge in [0, 0.05) is 19.3 Å². The lowest BCUT2D eigenvalue weighted by molar-refractivity contribution is -0.161. The lowest BCUT2D eigenvalue weighted by Gasteiger charge is -2.21. The van der Waals surface area contributed by atoms with E-state index in [1.54, 1.807) is 0 Å². The van der Waals surface area contributed by atoms with Gasteiger partial charge in [-0.05, 0) is 128 Å². The average molecular weight is 1440 g/mol. The molecular formula is C81H144O16P2. The van der Waals surface area contributed by atoms with Crippen molar-refractivity contribution in [2.45, 2.75) is 360 Å². The van der Waals surface area contributed by atoms with E-state index >= 15 is 0 Å². The maximum absolute atomic E-state index is 12.9. The van der Waals surface area contributed by atoms with Crippen LogP contribution in [0, 0.1) is 0 Å². The molecule has 16 nitrogen and oxygen atoms in total. The monoisotopic (exact) mass is 1430 g/mol. The second-order valence-electron chi connectivity index (χ2n) is 26.5. The van der Waals surface area contributed by atoms with Crippen molar-refractivity contribution in [2.24, 2.45) is 0 Å². The van der Waals surface area contributed by atoms with Crippen molar-refractivity contribution < 1.29 is 75.8 Å². The van der Waals surface area contributed by atoms with E-state index < -0.39 is 91.5 Å². The number of esters is 3. The Morgan fingerprint density at radius 1 is 0.283 bits per heavy atom. The standard InChI is InChI=1S/C81H144O16P2/c1-4-7-10-13-16-19-22-25-27-29-31-32-33-34-35-36-37-38-39-40-41-42-44-46-47-50-52-55-58-61-64-67-79(84)91-70-76(82)71-93-98(87,88)94-72-77(83)73-95-99(89,90)96-75-78(97-81(86)69-66-63-60-57-54-49-24-21-18-15-12-9-6-3)74-92-80(85)68-65-62-59-56-53-51-48-45-43-30-28-26-23-20-17-14-11-8-5-2/h16-17,19-21,24-28,31-32,34-35,43,45,76-78,82-83H,4-15,18,22-23,29-30,33,36-42,44,46-75H2,1-3H3,(H,87,88)(H,89,90)/b19-16-,20-17-,24-21-,27-25-,28-26-,32-31-,35-34-,45-43-. The Balaban J connectivity index is 4.44. The van der Waals surface area contributed by atoms with Crippen LogP contribution in [-0.4, -0.2) is 95.9 Å². The predicted molar refractivity (Wildman–Crippen MR) is 408 cm³/mol. The number of hydrogen-bond acceptors (Lipinski definition) is 14. The molecule has 0 saturated carbocycles. The first kappa shape index (κ1) is 95.5. The van der Waals surface area contributed by atoms with Crippen LogP contribution in [0.4, 0.5) is 0 Å². The molecule has 0 aromatic rings. The summed E-state index contributed by atoms with van der Waals surface area (Å²) in [6.45, 7) is 2.61. The lowest BCUT2D eigenvalue weighted by atomic mass is 10.0. The maximum Gasteiger partial charge on any atom is 0.472 e. The third-order valence-corrected chi connectivity index (χ3v) is 18.7. The molecule has 0 aliphatic heterocycles. The molecule has 0 heterocycles. The van der Waals surface area contributed by atoms with Gasteiger partial charge in [0.15, 0.2) is 6.10 Å². The number of aliphatic hydroxyl groups excluding tert-OH is 2. The van der Waals surface area contributed by atoms with E-state index in [-0.39, 0.29) is 19.3 Å². The fraction of sp³-hybridized carbons (Fsp3) is 0.765. The third-order valence-electron chi connectivity index (χ3n) is 16.8. The van der Waals surface area contributed by atoms with Gasteiger partial charge in [0.1, 0.15) is 25.4 Å². The average Bonchev–Trinajstić information content (AvgIpc) is 1.02. The Morgan fingerprint density at radius 3 is 0.828 bits per heavy atom. The molecule has 0 bridgehead atoms. The smallest absolute Gasteiger partial charge is 0.463 e. The zero-order valence-electron chi connectivity index (χ0n) is 62.6. The van der Waals surface area contributed by atoms with E-state index in [2.05, 4.69) is 118 Å². The lowest BCUT2D eigenvalue weighted by Crippen LogP contribution is -2.30. The molecule has 99 heavy (non-hydrogen) atoms. The van der Waals surface area contributed by atoms with Crippen molar-refractivity contribution in [2.75, 3.05) is 39.6 Å². The normalized spacial score (nSPS) is 14.5. The molecule has 0 aromatic carbocycles. The van der Waals surface area contributed by atoms with E-state index in [4.69, 9.17) is 32.3 Å². The number of carbonyl (C=O) groups is 3. The molecule has 0 aromatic heterocycles. The highest BCUT2D eigenvalue weighted by Crippen LogP contribution is 2.45. The van der Waals surface area contributed by atoms with Crippen LogP contribution in [0.3, 0.4) is 0 Å². The molecule has 0 fully saturated rings. The van der Waals surface area contributed by atoms with Gasteiger partial charge >= 0.3 is 33.6 Å². The predicted octanol–water partition coefficient (Wildman–Crippen LogP) is 23.0. The van der Waals surface area contributed by atoms with E-state index in [9.17, 15) is 43.5 Å². The summed E-state index contributed by atoms with van der Waals surface area (Å²) in [6, 6.07) is 0. The molecule has 0 spiro atoms. The number of allylic oxidation sites excluding steroid dienone is 16. The van der Waals surface area contributed by atoms with E-state index in [1.807, 2.05) is 0 Å². The Hall–Kier alpha value is -3.53. The molecule has 0 aliphatic rings. The molecular weight excluding hydrogens is 1290 g/mol. The van der Waals surface area contributed by atoms with E-state index in [0.717, 1.165) is 135 Å². The van der Waals surface area contributed by atoms with Gasteiger partial charge in [0.25, 0.3) is 0 Å². The van der Waals surface area contributed by atoms with Crippen LogP contribution in [0.15, 0.2) is 97.2 Å². The number of ether oxygens (including phenoxy) is 3. The van der Waals surface area contributed by atoms with Gasteiger partial charge in [0.05, 0.1) is 26.4 Å². The summed E-state index contributed by atoms with van der Waals surface area (Å²) in [5, 5.41) is 20.6. The molecule has 5 atom stereocenters. The van der Waals surface area contributed by atoms with Crippen LogP contribution in [0.2, 0.25) is 0 Å². The fourth-order valence-electron chi connectivity index (χ4n) is 10.7. The number of phosphoric ester groups is 2. The highest BCUT2D eigenvalue weighted by molar-refractivity contribution is 7.47. The first-order valence-corrected chi connectivity index (χ1v) is 42.5. The highest BCUT2D eigenvalue weighted by Gasteiger charge is 2.29. The summed E-state index contributed by atoms with van der Waals surface area (Å²) in [4.78, 5) is 58.5. The van der Waals surface area contributed by atoms with Gasteiger partial charge in [-0.3, -0.25) is 32.5 Å². The minimum atomic E-state index is -4.93. The van der Waals surface area contributed by atoms with Crippen LogP contribution in [0.5, 0.6) is 0 Å². The van der Waals surface area contributed by atoms with Gasteiger partial charge in [-0.25, -0.2) is 9.13 Å². The number of hydrogen-bond donors (Lipinski definition) is 4. The summed E-state index contributed by atoms with van der Waals surface area (Å²) >= 11 is 0. The molecule has 0 radical (unpaired) electrons. The highest BCUT2D eigenvalue weighted by atomic mass is 31.2. The van der Waals surface area contributed by atoms with Crippen molar-refractivity contribution in [3.05, 3.63) is 97.2 Å². The minimum Gasteiger partial charge on any atom is -0.463 e. The minimum absolute atomic E-state index is 0.0922. The molecule has 5 unspecified atom stereocenters. The van der Waals surface area contributed by atoms with Gasteiger partial charge in [-0.15, -0.1) is 0 Å². The van der Waals surface area contributed by atoms with Crippen LogP contribution >= 0.6 is 15.6 Å². The SMILES string of the molecule is CCCCC/C=C\C/C=C\C/C=C\C/C=C\CCCCCCCCCCCCCCCCCC(=O)OCC(O)COP(=O)(O)OCC(O)COP(=O)(O)OCC(COC(=O)CCCCCCCC/C=C\C/C=C\C/C=C\CCCCC)OC(=O)CCCCCCC/C=C\CCCCCC. The van der Waals surface area contributed by atoms with E-state index in [0.29, 0.717) is 19.3 Å². The zero-order valence-corrected chi connectivity index (χ0v) is 64.4. The largest absolute Gasteiger partial charge is 0.472 e. The van der Waals surface area contributed by atoms with Crippen LogP contribution < -0.4 is 0 Å². The molecule has 0 saturated heterocycles. The summed E-state index contributed by atoms with van der Waals surface area (Å²) in [7, 11) is -9.78. The topological polar surface area (TPSA) is 231 Å². The van der Waals surface area contributed by atoms with Crippen molar-refractivity contribution in [1.82, 2.24) is 0 Å². The molecule has 574 valence electrons. The summed E-state index contributed by atoms with van der Waals surface area (Å²) in [5.74, 6) is -1.59. The second kappa shape index (κ2) is 74.2. The molecule has 0 rings (SSSR count). The molecule has 18 heteroatoms. The van der Waals surface area contributed by atoms with Crippen molar-refractivity contribution in [3.8, 4) is 0 Å². The Labute approximate surface area is 603 Å². The Morgan fingerprint density at radius 2 is 0.505 bits per heavy atom. The summed E-state index contributed by atoms with van der Waals surface area (Å²) in [6.07, 6.45) is 84.6. The first-order chi connectivity index (χ1) is 48.2. The van der Waals surface area contributed by atoms with Crippen molar-refractivity contribution in [1.29, 1.82) is 0 Å². The van der Waals surface area contributed by atoms with Crippen molar-refractivity contribution in [3.63, 3.8) is 0 Å². The summed E-state index contributed by atoms with van der Waals surface area (Å²) < 4.78 is 61.1. The summed E-state index contributed by atoms with van der Waals surface area (Å²) in [5.41, 5.74) is 0. The van der Waals surface area contributed by atoms with Crippen LogP contribution in [0.1, 0.15) is 342 Å². The number of carbonyl (C=O) groups excluding carboxylic acids is 3. The maximum atomic E-state index is 12.9. The first-order valence-electron chi connectivity index (χ1n) is 39.5. The Bertz CT molecular complexity index is 2190. The molecule has 0 aliphatic carbocycles. The van der Waals surface area contributed by atoms with Gasteiger partial charge < -0.3 is 34.2 Å².